The van der Waals surface area contributed by atoms with Gasteiger partial charge in [0.05, 0.1) is 12.6 Å². The lowest BCUT2D eigenvalue weighted by molar-refractivity contribution is -0.165. The smallest absolute Gasteiger partial charge is 0.234 e. The number of ether oxygens (including phenoxy) is 2. The first-order chi connectivity index (χ1) is 11.5. The van der Waals surface area contributed by atoms with E-state index in [1.807, 2.05) is 0 Å². The number of nitrogens with one attached hydrogen (secondary N) is 1. The van der Waals surface area contributed by atoms with Crippen molar-refractivity contribution in [3.8, 4) is 0 Å². The second-order valence-electron chi connectivity index (χ2n) is 5.64. The molecule has 0 fully saturated rings. The zero-order chi connectivity index (χ0) is 18.2. The van der Waals surface area contributed by atoms with E-state index in [1.165, 1.54) is 0 Å². The molecule has 0 spiro atoms. The van der Waals surface area contributed by atoms with E-state index in [2.05, 4.69) is 24.2 Å². The molecule has 0 aliphatic carbocycles. The van der Waals surface area contributed by atoms with Gasteiger partial charge in [-0.2, -0.15) is 0 Å². The third-order valence-electron chi connectivity index (χ3n) is 3.39. The number of unbranched alkanes of at least 4 members (excludes halogenated alkanes) is 2. The van der Waals surface area contributed by atoms with Gasteiger partial charge in [-0.25, -0.2) is 0 Å². The molecule has 0 saturated heterocycles. The summed E-state index contributed by atoms with van der Waals surface area (Å²) >= 11 is 0. The molecule has 0 aliphatic rings. The van der Waals surface area contributed by atoms with E-state index >= 15 is 0 Å². The van der Waals surface area contributed by atoms with Crippen molar-refractivity contribution in [2.24, 2.45) is 22.2 Å². The average Bonchev–Trinajstić information content (AvgIpc) is 2.56. The van der Waals surface area contributed by atoms with E-state index in [0.29, 0.717) is 32.6 Å². The highest BCUT2D eigenvalue weighted by Crippen LogP contribution is 2.11. The number of guanidine groups is 1. The number of nitrogens with two attached hydrogens (primary N) is 3. The van der Waals surface area contributed by atoms with Crippen molar-refractivity contribution in [3.63, 3.8) is 0 Å². The number of nitrogens with zero attached hydrogens (tertiary/aromatic N) is 1. The molecule has 7 N–H and O–H groups in total. The Bertz CT molecular complexity index is 339. The number of aliphatic imine (C=N–C) groups is 1. The van der Waals surface area contributed by atoms with Crippen molar-refractivity contribution >= 4 is 11.9 Å². The van der Waals surface area contributed by atoms with E-state index in [-0.39, 0.29) is 24.5 Å². The Morgan fingerprint density at radius 3 is 2.12 bits per heavy atom. The Hall–Kier alpha value is -1.38. The fraction of sp³-hybridized carbons (Fsp3) is 0.875. The highest BCUT2D eigenvalue weighted by Gasteiger charge is 2.24. The SMILES string of the molecule is CCCCOC(OCCCC)C(CCCN=C(N)N)NC(=O)CN. The number of amides is 1. The van der Waals surface area contributed by atoms with Crippen LogP contribution < -0.4 is 22.5 Å². The lowest BCUT2D eigenvalue weighted by atomic mass is 10.1. The molecule has 142 valence electrons. The molecule has 0 aliphatic heterocycles. The second kappa shape index (κ2) is 15.2. The Kier molecular flexibility index (Phi) is 14.3. The zero-order valence-corrected chi connectivity index (χ0v) is 15.1. The van der Waals surface area contributed by atoms with Crippen LogP contribution >= 0.6 is 0 Å². The third kappa shape index (κ3) is 12.1. The molecule has 1 atom stereocenters. The molecule has 0 aromatic carbocycles. The minimum atomic E-state index is -0.488. The van der Waals surface area contributed by atoms with Gasteiger partial charge in [0.15, 0.2) is 12.2 Å². The lowest BCUT2D eigenvalue weighted by Gasteiger charge is -2.28. The van der Waals surface area contributed by atoms with Gasteiger partial charge < -0.3 is 32.0 Å². The lowest BCUT2D eigenvalue weighted by Crippen LogP contribution is -2.48. The van der Waals surface area contributed by atoms with Gasteiger partial charge in [-0.05, 0) is 25.7 Å². The van der Waals surface area contributed by atoms with Crippen LogP contribution in [-0.2, 0) is 14.3 Å². The van der Waals surface area contributed by atoms with Crippen LogP contribution in [0.3, 0.4) is 0 Å². The molecule has 0 radical (unpaired) electrons. The Morgan fingerprint density at radius 2 is 1.67 bits per heavy atom. The van der Waals surface area contributed by atoms with Crippen LogP contribution in [0.5, 0.6) is 0 Å². The summed E-state index contributed by atoms with van der Waals surface area (Å²) in [6.45, 7) is 5.81. The Labute approximate surface area is 145 Å². The summed E-state index contributed by atoms with van der Waals surface area (Å²) in [6.07, 6.45) is 4.82. The molecular formula is C16H35N5O3. The van der Waals surface area contributed by atoms with E-state index in [0.717, 1.165) is 25.7 Å². The maximum absolute atomic E-state index is 11.7. The standard InChI is InChI=1S/C16H35N5O3/c1-3-5-10-23-15(24-11-6-4-2)13(21-14(22)12-17)8-7-9-20-16(18)19/h13,15H,3-12,17H2,1-2H3,(H,21,22)(H4,18,19,20). The number of hydrogen-bond donors (Lipinski definition) is 4. The van der Waals surface area contributed by atoms with Gasteiger partial charge in [0.1, 0.15) is 0 Å². The fourth-order valence-electron chi connectivity index (χ4n) is 2.03. The molecule has 1 amide bonds. The molecule has 24 heavy (non-hydrogen) atoms. The fourth-order valence-corrected chi connectivity index (χ4v) is 2.03. The molecule has 0 rings (SSSR count). The molecule has 0 heterocycles. The third-order valence-corrected chi connectivity index (χ3v) is 3.39. The van der Waals surface area contributed by atoms with Crippen LogP contribution in [0.4, 0.5) is 0 Å². The van der Waals surface area contributed by atoms with Crippen molar-refractivity contribution in [3.05, 3.63) is 0 Å². The molecule has 0 saturated carbocycles. The predicted octanol–water partition coefficient (Wildman–Crippen LogP) is 0.443. The summed E-state index contributed by atoms with van der Waals surface area (Å²) in [5, 5.41) is 2.88. The van der Waals surface area contributed by atoms with Crippen LogP contribution in [0.15, 0.2) is 4.99 Å². The van der Waals surface area contributed by atoms with Gasteiger partial charge >= 0.3 is 0 Å². The topological polar surface area (TPSA) is 138 Å². The van der Waals surface area contributed by atoms with Crippen molar-refractivity contribution in [1.29, 1.82) is 0 Å². The van der Waals surface area contributed by atoms with E-state index in [9.17, 15) is 4.79 Å². The normalized spacial score (nSPS) is 12.2. The van der Waals surface area contributed by atoms with Gasteiger partial charge in [-0.3, -0.25) is 9.79 Å². The van der Waals surface area contributed by atoms with Crippen molar-refractivity contribution in [2.75, 3.05) is 26.3 Å². The van der Waals surface area contributed by atoms with Crippen LogP contribution in [0.2, 0.25) is 0 Å². The number of hydrogen-bond acceptors (Lipinski definition) is 5. The van der Waals surface area contributed by atoms with E-state index < -0.39 is 6.29 Å². The largest absolute Gasteiger partial charge is 0.370 e. The average molecular weight is 345 g/mol. The summed E-state index contributed by atoms with van der Waals surface area (Å²) in [5.41, 5.74) is 16.1. The summed E-state index contributed by atoms with van der Waals surface area (Å²) in [7, 11) is 0. The number of carbonyl (C=O) groups excluding carboxylic acids is 1. The molecule has 1 unspecified atom stereocenters. The van der Waals surface area contributed by atoms with Gasteiger partial charge in [-0.15, -0.1) is 0 Å². The van der Waals surface area contributed by atoms with Gasteiger partial charge in [0, 0.05) is 19.8 Å². The van der Waals surface area contributed by atoms with Gasteiger partial charge in [0.25, 0.3) is 0 Å². The number of carbonyl (C=O) groups is 1. The maximum atomic E-state index is 11.7. The van der Waals surface area contributed by atoms with Crippen molar-refractivity contribution in [1.82, 2.24) is 5.32 Å². The second-order valence-corrected chi connectivity index (χ2v) is 5.64. The molecule has 0 aromatic heterocycles. The predicted molar refractivity (Wildman–Crippen MR) is 96.4 cm³/mol. The summed E-state index contributed by atoms with van der Waals surface area (Å²) in [5.74, 6) is -0.169. The first-order valence-electron chi connectivity index (χ1n) is 8.83. The van der Waals surface area contributed by atoms with Crippen molar-refractivity contribution < 1.29 is 14.3 Å². The Balaban J connectivity index is 4.71. The van der Waals surface area contributed by atoms with E-state index in [1.54, 1.807) is 0 Å². The number of rotatable bonds is 15. The molecule has 8 heteroatoms. The highest BCUT2D eigenvalue weighted by molar-refractivity contribution is 5.78. The molecule has 0 aromatic rings. The van der Waals surface area contributed by atoms with Gasteiger partial charge in [-0.1, -0.05) is 26.7 Å². The zero-order valence-electron chi connectivity index (χ0n) is 15.1. The minimum Gasteiger partial charge on any atom is -0.370 e. The summed E-state index contributed by atoms with van der Waals surface area (Å²) in [6, 6.07) is -0.274. The molecular weight excluding hydrogens is 310 g/mol. The quantitative estimate of drug-likeness (QED) is 0.147. The minimum absolute atomic E-state index is 0.0625. The molecule has 0 bridgehead atoms. The van der Waals surface area contributed by atoms with Crippen LogP contribution in [0, 0.1) is 0 Å². The van der Waals surface area contributed by atoms with E-state index in [4.69, 9.17) is 26.7 Å². The monoisotopic (exact) mass is 345 g/mol. The highest BCUT2D eigenvalue weighted by atomic mass is 16.7. The Morgan fingerprint density at radius 1 is 1.08 bits per heavy atom. The first kappa shape index (κ1) is 22.6. The molecule has 8 nitrogen and oxygen atoms in total. The summed E-state index contributed by atoms with van der Waals surface area (Å²) < 4.78 is 11.7. The first-order valence-corrected chi connectivity index (χ1v) is 8.83. The maximum Gasteiger partial charge on any atom is 0.234 e. The van der Waals surface area contributed by atoms with Gasteiger partial charge in [0.2, 0.25) is 5.91 Å². The van der Waals surface area contributed by atoms with Crippen LogP contribution in [0.25, 0.3) is 0 Å². The van der Waals surface area contributed by atoms with Crippen LogP contribution in [-0.4, -0.2) is 50.5 Å². The summed E-state index contributed by atoms with van der Waals surface area (Å²) in [4.78, 5) is 15.7. The van der Waals surface area contributed by atoms with Crippen molar-refractivity contribution in [2.45, 2.75) is 64.7 Å². The van der Waals surface area contributed by atoms with Crippen LogP contribution in [0.1, 0.15) is 52.4 Å².